The number of hydrogen-bond acceptors (Lipinski definition) is 4. The van der Waals surface area contributed by atoms with E-state index in [1.165, 1.54) is 11.1 Å². The third-order valence-electron chi connectivity index (χ3n) is 4.04. The fraction of sp³-hybridized carbons (Fsp3) is 0.278. The summed E-state index contributed by atoms with van der Waals surface area (Å²) in [6, 6.07) is 13.0. The predicted octanol–water partition coefficient (Wildman–Crippen LogP) is 2.48. The third kappa shape index (κ3) is 3.70. The van der Waals surface area contributed by atoms with Gasteiger partial charge in [0.05, 0.1) is 6.61 Å². The Hall–Kier alpha value is -2.37. The molecule has 0 fully saturated rings. The van der Waals surface area contributed by atoms with Crippen molar-refractivity contribution < 1.29 is 9.53 Å². The fourth-order valence-corrected chi connectivity index (χ4v) is 2.75. The van der Waals surface area contributed by atoms with E-state index in [0.717, 1.165) is 31.9 Å². The number of nitrogen functional groups attached to an aromatic ring is 1. The Kier molecular flexibility index (Phi) is 4.60. The van der Waals surface area contributed by atoms with Gasteiger partial charge in [-0.05, 0) is 47.5 Å². The Morgan fingerprint density at radius 3 is 2.65 bits per heavy atom. The second kappa shape index (κ2) is 6.81. The first-order valence-electron chi connectivity index (χ1n) is 7.65. The molecule has 0 aromatic heterocycles. The number of amides is 1. The number of rotatable bonds is 5. The van der Waals surface area contributed by atoms with Crippen molar-refractivity contribution in [1.29, 1.82) is 0 Å². The van der Waals surface area contributed by atoms with E-state index in [1.54, 1.807) is 31.4 Å². The number of nitrogens with zero attached hydrogens (tertiary/aromatic N) is 1. The van der Waals surface area contributed by atoms with E-state index in [9.17, 15) is 4.79 Å². The van der Waals surface area contributed by atoms with Gasteiger partial charge < -0.3 is 15.8 Å². The number of carbonyl (C=O) groups is 1. The van der Waals surface area contributed by atoms with Crippen LogP contribution in [0.25, 0.3) is 0 Å². The van der Waals surface area contributed by atoms with Crippen molar-refractivity contribution in [2.75, 3.05) is 31.3 Å². The van der Waals surface area contributed by atoms with E-state index in [2.05, 4.69) is 10.2 Å². The standard InChI is InChI=1S/C18H21N3O2/c1-23-9-8-21-11-14-3-2-13(10-15(14)12-21)18(22)20-17-6-4-16(19)5-7-17/h2-7,10H,8-9,11-12,19H2,1H3,(H,20,22). The van der Waals surface area contributed by atoms with Crippen molar-refractivity contribution in [1.82, 2.24) is 4.90 Å². The lowest BCUT2D eigenvalue weighted by molar-refractivity contribution is 0.102. The zero-order valence-electron chi connectivity index (χ0n) is 13.2. The van der Waals surface area contributed by atoms with Crippen molar-refractivity contribution in [3.8, 4) is 0 Å². The summed E-state index contributed by atoms with van der Waals surface area (Å²) < 4.78 is 5.12. The molecule has 120 valence electrons. The van der Waals surface area contributed by atoms with E-state index in [4.69, 9.17) is 10.5 Å². The normalized spacial score (nSPS) is 13.8. The molecule has 3 N–H and O–H groups in total. The first kappa shape index (κ1) is 15.5. The van der Waals surface area contributed by atoms with Gasteiger partial charge in [-0.15, -0.1) is 0 Å². The van der Waals surface area contributed by atoms with Gasteiger partial charge in [0.1, 0.15) is 0 Å². The highest BCUT2D eigenvalue weighted by Crippen LogP contribution is 2.24. The van der Waals surface area contributed by atoms with Crippen LogP contribution in [-0.2, 0) is 17.8 Å². The maximum atomic E-state index is 12.4. The number of hydrogen-bond donors (Lipinski definition) is 2. The van der Waals surface area contributed by atoms with Gasteiger partial charge in [-0.3, -0.25) is 9.69 Å². The van der Waals surface area contributed by atoms with Crippen molar-refractivity contribution in [2.45, 2.75) is 13.1 Å². The molecule has 2 aromatic carbocycles. The van der Waals surface area contributed by atoms with Gasteiger partial charge in [0.25, 0.3) is 5.91 Å². The molecular weight excluding hydrogens is 290 g/mol. The van der Waals surface area contributed by atoms with Gasteiger partial charge in [0.15, 0.2) is 0 Å². The molecule has 3 rings (SSSR count). The summed E-state index contributed by atoms with van der Waals surface area (Å²) in [7, 11) is 1.71. The van der Waals surface area contributed by atoms with Crippen LogP contribution in [-0.4, -0.2) is 31.1 Å². The van der Waals surface area contributed by atoms with Crippen LogP contribution in [0.2, 0.25) is 0 Å². The summed E-state index contributed by atoms with van der Waals surface area (Å²) in [5.74, 6) is -0.104. The van der Waals surface area contributed by atoms with Gasteiger partial charge in [0, 0.05) is 43.7 Å². The van der Waals surface area contributed by atoms with Crippen molar-refractivity contribution >= 4 is 17.3 Å². The lowest BCUT2D eigenvalue weighted by atomic mass is 10.1. The number of fused-ring (bicyclic) bond motifs is 1. The Labute approximate surface area is 136 Å². The van der Waals surface area contributed by atoms with Crippen molar-refractivity contribution in [2.24, 2.45) is 0 Å². The van der Waals surface area contributed by atoms with Crippen LogP contribution < -0.4 is 11.1 Å². The summed E-state index contributed by atoms with van der Waals surface area (Å²) in [5.41, 5.74) is 10.2. The Bertz CT molecular complexity index is 698. The smallest absolute Gasteiger partial charge is 0.255 e. The van der Waals surface area contributed by atoms with Crippen LogP contribution in [0.1, 0.15) is 21.5 Å². The summed E-state index contributed by atoms with van der Waals surface area (Å²) in [6.45, 7) is 3.40. The van der Waals surface area contributed by atoms with Crippen LogP contribution in [0.4, 0.5) is 11.4 Å². The Balaban J connectivity index is 1.68. The molecule has 0 saturated carbocycles. The molecule has 0 bridgehead atoms. The van der Waals surface area contributed by atoms with Gasteiger partial charge in [-0.25, -0.2) is 0 Å². The molecular formula is C18H21N3O2. The first-order chi connectivity index (χ1) is 11.2. The molecule has 0 radical (unpaired) electrons. The van der Waals surface area contributed by atoms with Crippen LogP contribution in [0.5, 0.6) is 0 Å². The molecule has 1 amide bonds. The van der Waals surface area contributed by atoms with Crippen molar-refractivity contribution in [3.05, 3.63) is 59.2 Å². The molecule has 0 aliphatic carbocycles. The maximum absolute atomic E-state index is 12.4. The number of anilines is 2. The molecule has 1 heterocycles. The molecule has 23 heavy (non-hydrogen) atoms. The third-order valence-corrected chi connectivity index (χ3v) is 4.04. The first-order valence-corrected chi connectivity index (χ1v) is 7.65. The molecule has 2 aromatic rings. The number of carbonyl (C=O) groups excluding carboxylic acids is 1. The molecule has 0 saturated heterocycles. The van der Waals surface area contributed by atoms with Gasteiger partial charge in [-0.1, -0.05) is 6.07 Å². The summed E-state index contributed by atoms with van der Waals surface area (Å²) in [4.78, 5) is 14.7. The molecule has 0 unspecified atom stereocenters. The summed E-state index contributed by atoms with van der Waals surface area (Å²) >= 11 is 0. The number of benzene rings is 2. The predicted molar refractivity (Wildman–Crippen MR) is 91.2 cm³/mol. The molecule has 5 heteroatoms. The molecule has 0 spiro atoms. The largest absolute Gasteiger partial charge is 0.399 e. The second-order valence-corrected chi connectivity index (χ2v) is 5.76. The van der Waals surface area contributed by atoms with Gasteiger partial charge in [0.2, 0.25) is 0 Å². The molecule has 0 atom stereocenters. The topological polar surface area (TPSA) is 67.6 Å². The lowest BCUT2D eigenvalue weighted by Crippen LogP contribution is -2.21. The average Bonchev–Trinajstić information content (AvgIpc) is 2.97. The Morgan fingerprint density at radius 1 is 1.17 bits per heavy atom. The van der Waals surface area contributed by atoms with E-state index < -0.39 is 0 Å². The number of ether oxygens (including phenoxy) is 1. The minimum Gasteiger partial charge on any atom is -0.399 e. The van der Waals surface area contributed by atoms with Gasteiger partial charge in [-0.2, -0.15) is 0 Å². The van der Waals surface area contributed by atoms with Crippen LogP contribution in [0.15, 0.2) is 42.5 Å². The number of methoxy groups -OCH3 is 1. The highest BCUT2D eigenvalue weighted by atomic mass is 16.5. The average molecular weight is 311 g/mol. The van der Waals surface area contributed by atoms with Crippen LogP contribution >= 0.6 is 0 Å². The van der Waals surface area contributed by atoms with E-state index >= 15 is 0 Å². The van der Waals surface area contributed by atoms with E-state index in [-0.39, 0.29) is 5.91 Å². The zero-order valence-corrected chi connectivity index (χ0v) is 13.2. The van der Waals surface area contributed by atoms with Crippen LogP contribution in [0, 0.1) is 0 Å². The SMILES string of the molecule is COCCN1Cc2ccc(C(=O)Nc3ccc(N)cc3)cc2C1. The van der Waals surface area contributed by atoms with E-state index in [0.29, 0.717) is 11.3 Å². The fourth-order valence-electron chi connectivity index (χ4n) is 2.75. The van der Waals surface area contributed by atoms with Crippen LogP contribution in [0.3, 0.4) is 0 Å². The maximum Gasteiger partial charge on any atom is 0.255 e. The zero-order chi connectivity index (χ0) is 16.2. The lowest BCUT2D eigenvalue weighted by Gasteiger charge is -2.13. The number of nitrogens with one attached hydrogen (secondary N) is 1. The number of nitrogens with two attached hydrogens (primary N) is 1. The second-order valence-electron chi connectivity index (χ2n) is 5.76. The Morgan fingerprint density at radius 2 is 1.91 bits per heavy atom. The highest BCUT2D eigenvalue weighted by molar-refractivity contribution is 6.04. The molecule has 1 aliphatic rings. The van der Waals surface area contributed by atoms with Crippen molar-refractivity contribution in [3.63, 3.8) is 0 Å². The quantitative estimate of drug-likeness (QED) is 0.833. The van der Waals surface area contributed by atoms with E-state index in [1.807, 2.05) is 18.2 Å². The monoisotopic (exact) mass is 311 g/mol. The molecule has 5 nitrogen and oxygen atoms in total. The minimum absolute atomic E-state index is 0.104. The van der Waals surface area contributed by atoms with Gasteiger partial charge >= 0.3 is 0 Å². The highest BCUT2D eigenvalue weighted by Gasteiger charge is 2.20. The molecule has 1 aliphatic heterocycles. The minimum atomic E-state index is -0.104. The summed E-state index contributed by atoms with van der Waals surface area (Å²) in [6.07, 6.45) is 0. The summed E-state index contributed by atoms with van der Waals surface area (Å²) in [5, 5.41) is 2.89.